The van der Waals surface area contributed by atoms with E-state index >= 15 is 0 Å². The number of aromatic nitrogens is 2. The molecular formula is C22H23F4N3O5. The first-order valence-electron chi connectivity index (χ1n) is 11.0. The molecule has 184 valence electrons. The van der Waals surface area contributed by atoms with Gasteiger partial charge in [0.15, 0.2) is 6.61 Å². The number of nitrogens with one attached hydrogen (secondary N) is 1. The van der Waals surface area contributed by atoms with E-state index in [-0.39, 0.29) is 67.5 Å². The van der Waals surface area contributed by atoms with Crippen molar-refractivity contribution in [3.8, 4) is 5.75 Å². The fraction of sp³-hybridized carbons (Fsp3) is 0.591. The van der Waals surface area contributed by atoms with Gasteiger partial charge in [-0.1, -0.05) is 6.92 Å². The maximum Gasteiger partial charge on any atom is 0.522 e. The van der Waals surface area contributed by atoms with Gasteiger partial charge in [0.2, 0.25) is 11.8 Å². The molecule has 0 bridgehead atoms. The Hall–Kier alpha value is -2.73. The van der Waals surface area contributed by atoms with E-state index in [1.54, 1.807) is 0 Å². The van der Waals surface area contributed by atoms with Gasteiger partial charge in [-0.05, 0) is 48.9 Å². The van der Waals surface area contributed by atoms with Crippen LogP contribution in [0.2, 0.25) is 0 Å². The van der Waals surface area contributed by atoms with Crippen molar-refractivity contribution in [1.82, 2.24) is 15.5 Å². The van der Waals surface area contributed by atoms with Crippen molar-refractivity contribution >= 4 is 5.91 Å². The minimum atomic E-state index is -4.65. The molecule has 2 saturated carbocycles. The first kappa shape index (κ1) is 23.0. The van der Waals surface area contributed by atoms with Gasteiger partial charge in [0.05, 0.1) is 18.8 Å². The summed E-state index contributed by atoms with van der Waals surface area (Å²) in [6.07, 6.45) is -5.63. The smallest absolute Gasteiger partial charge is 0.484 e. The summed E-state index contributed by atoms with van der Waals surface area (Å²) in [7, 11) is 0. The van der Waals surface area contributed by atoms with E-state index in [9.17, 15) is 22.4 Å². The summed E-state index contributed by atoms with van der Waals surface area (Å²) in [4.78, 5) is 12.3. The number of benzene rings is 1. The van der Waals surface area contributed by atoms with Crippen LogP contribution in [0.1, 0.15) is 43.6 Å². The minimum absolute atomic E-state index is 0.0769. The van der Waals surface area contributed by atoms with Gasteiger partial charge in [-0.25, -0.2) is 4.39 Å². The topological polar surface area (TPSA) is 95.7 Å². The number of amides is 1. The van der Waals surface area contributed by atoms with Crippen LogP contribution in [0.4, 0.5) is 17.6 Å². The minimum Gasteiger partial charge on any atom is -0.484 e. The van der Waals surface area contributed by atoms with Gasteiger partial charge < -0.3 is 19.2 Å². The van der Waals surface area contributed by atoms with E-state index in [2.05, 4.69) is 20.3 Å². The number of rotatable bonds is 7. The van der Waals surface area contributed by atoms with Crippen LogP contribution in [0.5, 0.6) is 5.75 Å². The number of alkyl halides is 3. The van der Waals surface area contributed by atoms with E-state index < -0.39 is 18.6 Å². The van der Waals surface area contributed by atoms with E-state index in [1.807, 2.05) is 6.92 Å². The Balaban J connectivity index is 1.11. The molecule has 1 amide bonds. The average molecular weight is 485 g/mol. The van der Waals surface area contributed by atoms with Crippen LogP contribution in [-0.4, -0.2) is 47.8 Å². The SMILES string of the molecule is C[C@H]1C2C1[C@@H](c1nnc([C@H]3C[C@@H](OC(F)(F)F)C3)o1)OC[C@@H]2NC(=O)COc1ccc(F)cc1. The number of fused-ring (bicyclic) bond motifs is 1. The Bertz CT molecular complexity index is 1020. The van der Waals surface area contributed by atoms with Gasteiger partial charge in [0.25, 0.3) is 5.91 Å². The van der Waals surface area contributed by atoms with Crippen molar-refractivity contribution in [1.29, 1.82) is 0 Å². The molecule has 1 aromatic carbocycles. The lowest BCUT2D eigenvalue weighted by atomic mass is 9.82. The van der Waals surface area contributed by atoms with Crippen LogP contribution in [0.3, 0.4) is 0 Å². The molecule has 8 nitrogen and oxygen atoms in total. The number of hydrogen-bond donors (Lipinski definition) is 1. The van der Waals surface area contributed by atoms with Crippen LogP contribution < -0.4 is 10.1 Å². The fourth-order valence-corrected chi connectivity index (χ4v) is 4.95. The molecule has 2 heterocycles. The van der Waals surface area contributed by atoms with Crippen molar-refractivity contribution in [3.63, 3.8) is 0 Å². The predicted octanol–water partition coefficient (Wildman–Crippen LogP) is 3.51. The first-order chi connectivity index (χ1) is 16.2. The number of hydrogen-bond acceptors (Lipinski definition) is 7. The van der Waals surface area contributed by atoms with Gasteiger partial charge in [-0.15, -0.1) is 23.4 Å². The summed E-state index contributed by atoms with van der Waals surface area (Å²) in [5, 5.41) is 11.0. The average Bonchev–Trinajstić information content (AvgIpc) is 3.20. The lowest BCUT2D eigenvalue weighted by Crippen LogP contribution is -2.45. The van der Waals surface area contributed by atoms with Crippen molar-refractivity contribution < 1.29 is 41.0 Å². The van der Waals surface area contributed by atoms with Crippen LogP contribution in [0, 0.1) is 23.6 Å². The molecule has 5 atom stereocenters. The molecule has 2 unspecified atom stereocenters. The third kappa shape index (κ3) is 4.88. The summed E-state index contributed by atoms with van der Waals surface area (Å²) in [6, 6.07) is 5.20. The maximum absolute atomic E-state index is 13.0. The van der Waals surface area contributed by atoms with Crippen molar-refractivity contribution in [3.05, 3.63) is 41.9 Å². The number of carbonyl (C=O) groups excluding carboxylic acids is 1. The molecule has 2 aromatic rings. The lowest BCUT2D eigenvalue weighted by molar-refractivity contribution is -0.352. The van der Waals surface area contributed by atoms with Gasteiger partial charge in [0, 0.05) is 11.8 Å². The van der Waals surface area contributed by atoms with E-state index in [1.165, 1.54) is 24.3 Å². The monoisotopic (exact) mass is 485 g/mol. The highest BCUT2D eigenvalue weighted by molar-refractivity contribution is 5.78. The number of ether oxygens (including phenoxy) is 3. The van der Waals surface area contributed by atoms with Crippen LogP contribution in [-0.2, 0) is 14.3 Å². The van der Waals surface area contributed by atoms with Gasteiger partial charge in [-0.2, -0.15) is 0 Å². The molecule has 2 aliphatic carbocycles. The van der Waals surface area contributed by atoms with Crippen LogP contribution >= 0.6 is 0 Å². The Kier molecular flexibility index (Phi) is 5.96. The van der Waals surface area contributed by atoms with Crippen molar-refractivity contribution in [2.24, 2.45) is 17.8 Å². The standard InChI is InChI=1S/C22H23F4N3O5/c1-10-17-15(27-16(30)9-31-13-4-2-12(23)3-5-13)8-32-19(18(10)17)21-29-28-20(33-21)11-6-14(7-11)34-22(24,25)26/h2-5,10-11,14-15,17-19H,6-9H2,1H3,(H,27,30)/t10-,11-,14+,15-,17?,18?,19-/m0/s1. The first-order valence-corrected chi connectivity index (χ1v) is 11.0. The number of carbonyl (C=O) groups is 1. The second-order valence-electron chi connectivity index (χ2n) is 9.02. The molecule has 1 saturated heterocycles. The van der Waals surface area contributed by atoms with Crippen LogP contribution in [0.15, 0.2) is 28.7 Å². The molecule has 0 radical (unpaired) electrons. The fourth-order valence-electron chi connectivity index (χ4n) is 4.95. The molecular weight excluding hydrogens is 462 g/mol. The van der Waals surface area contributed by atoms with E-state index in [0.29, 0.717) is 17.5 Å². The largest absolute Gasteiger partial charge is 0.522 e. The molecule has 1 N–H and O–H groups in total. The Morgan fingerprint density at radius 2 is 1.85 bits per heavy atom. The van der Waals surface area contributed by atoms with E-state index in [4.69, 9.17) is 13.9 Å². The highest BCUT2D eigenvalue weighted by Gasteiger charge is 2.60. The summed E-state index contributed by atoms with van der Waals surface area (Å²) >= 11 is 0. The van der Waals surface area contributed by atoms with Gasteiger partial charge in [-0.3, -0.25) is 9.53 Å². The molecule has 12 heteroatoms. The lowest BCUT2D eigenvalue weighted by Gasteiger charge is -2.32. The Morgan fingerprint density at radius 1 is 1.15 bits per heavy atom. The maximum atomic E-state index is 13.0. The zero-order valence-corrected chi connectivity index (χ0v) is 18.1. The zero-order valence-electron chi connectivity index (χ0n) is 18.1. The second-order valence-corrected chi connectivity index (χ2v) is 9.02. The summed E-state index contributed by atoms with van der Waals surface area (Å²) < 4.78 is 70.9. The number of halogens is 4. The molecule has 3 fully saturated rings. The van der Waals surface area contributed by atoms with Gasteiger partial charge >= 0.3 is 6.36 Å². The molecule has 0 spiro atoms. The van der Waals surface area contributed by atoms with E-state index in [0.717, 1.165) is 0 Å². The van der Waals surface area contributed by atoms with Crippen LogP contribution in [0.25, 0.3) is 0 Å². The summed E-state index contributed by atoms with van der Waals surface area (Å²) in [6.45, 7) is 2.10. The summed E-state index contributed by atoms with van der Waals surface area (Å²) in [5.74, 6) is 0.513. The zero-order chi connectivity index (χ0) is 24.0. The normalized spacial score (nSPS) is 32.4. The second kappa shape index (κ2) is 8.81. The highest BCUT2D eigenvalue weighted by Crippen LogP contribution is 2.58. The molecule has 1 aliphatic heterocycles. The Labute approximate surface area is 191 Å². The molecule has 34 heavy (non-hydrogen) atoms. The number of nitrogens with zero attached hydrogens (tertiary/aromatic N) is 2. The molecule has 3 aliphatic rings. The third-order valence-electron chi connectivity index (χ3n) is 6.76. The van der Waals surface area contributed by atoms with Gasteiger partial charge in [0.1, 0.15) is 17.7 Å². The summed E-state index contributed by atoms with van der Waals surface area (Å²) in [5.41, 5.74) is 0. The van der Waals surface area contributed by atoms with Crippen molar-refractivity contribution in [2.45, 2.75) is 50.3 Å². The molecule has 5 rings (SSSR count). The predicted molar refractivity (Wildman–Crippen MR) is 106 cm³/mol. The van der Waals surface area contributed by atoms with Crippen molar-refractivity contribution in [2.75, 3.05) is 13.2 Å². The molecule has 1 aromatic heterocycles. The highest BCUT2D eigenvalue weighted by atomic mass is 19.4. The quantitative estimate of drug-likeness (QED) is 0.600. The Morgan fingerprint density at radius 3 is 2.56 bits per heavy atom. The third-order valence-corrected chi connectivity index (χ3v) is 6.76.